The van der Waals surface area contributed by atoms with Gasteiger partial charge in [0.25, 0.3) is 5.91 Å². The molecule has 0 bridgehead atoms. The van der Waals surface area contributed by atoms with Gasteiger partial charge in [0.05, 0.1) is 5.69 Å². The summed E-state index contributed by atoms with van der Waals surface area (Å²) in [5.41, 5.74) is 1.65. The standard InChI is InChI=1S/C15H17BrN2OS/c1-9-12(15(2,3)4)20-14(17-9)18-13(19)10-5-7-11(16)8-6-10/h5-8H,1-4H3,(H,17,18,19). The Kier molecular flexibility index (Phi) is 4.30. The SMILES string of the molecule is Cc1nc(NC(=O)c2ccc(Br)cc2)sc1C(C)(C)C. The van der Waals surface area contributed by atoms with Gasteiger partial charge in [0.2, 0.25) is 0 Å². The molecule has 0 radical (unpaired) electrons. The third-order valence-corrected chi connectivity index (χ3v) is 4.83. The van der Waals surface area contributed by atoms with E-state index in [9.17, 15) is 4.79 Å². The molecule has 5 heteroatoms. The van der Waals surface area contributed by atoms with Crippen LogP contribution in [0, 0.1) is 6.92 Å². The quantitative estimate of drug-likeness (QED) is 0.846. The van der Waals surface area contributed by atoms with E-state index in [4.69, 9.17) is 0 Å². The number of halogens is 1. The molecule has 0 saturated carbocycles. The Hall–Kier alpha value is -1.20. The van der Waals surface area contributed by atoms with Gasteiger partial charge in [0.1, 0.15) is 0 Å². The number of rotatable bonds is 2. The first-order chi connectivity index (χ1) is 9.27. The maximum absolute atomic E-state index is 12.1. The molecule has 2 aromatic rings. The second-order valence-electron chi connectivity index (χ2n) is 5.64. The number of hydrogen-bond acceptors (Lipinski definition) is 3. The second-order valence-corrected chi connectivity index (χ2v) is 7.56. The first-order valence-corrected chi connectivity index (χ1v) is 7.93. The van der Waals surface area contributed by atoms with E-state index in [1.165, 1.54) is 4.88 Å². The van der Waals surface area contributed by atoms with Gasteiger partial charge >= 0.3 is 0 Å². The van der Waals surface area contributed by atoms with Gasteiger partial charge in [-0.05, 0) is 36.6 Å². The van der Waals surface area contributed by atoms with Crippen molar-refractivity contribution >= 4 is 38.3 Å². The van der Waals surface area contributed by atoms with Crippen molar-refractivity contribution in [3.63, 3.8) is 0 Å². The zero-order chi connectivity index (χ0) is 14.9. The van der Waals surface area contributed by atoms with E-state index in [1.807, 2.05) is 19.1 Å². The monoisotopic (exact) mass is 352 g/mol. The normalized spacial score (nSPS) is 11.4. The van der Waals surface area contributed by atoms with E-state index < -0.39 is 0 Å². The number of anilines is 1. The van der Waals surface area contributed by atoms with E-state index in [0.29, 0.717) is 10.7 Å². The number of nitrogens with one attached hydrogen (secondary N) is 1. The molecule has 20 heavy (non-hydrogen) atoms. The molecule has 106 valence electrons. The number of thiazole rings is 1. The molecule has 0 aliphatic carbocycles. The summed E-state index contributed by atoms with van der Waals surface area (Å²) >= 11 is 4.89. The Morgan fingerprint density at radius 2 is 1.85 bits per heavy atom. The van der Waals surface area contributed by atoms with Gasteiger partial charge in [-0.3, -0.25) is 10.1 Å². The number of amides is 1. The van der Waals surface area contributed by atoms with E-state index >= 15 is 0 Å². The molecule has 1 amide bonds. The first kappa shape index (κ1) is 15.2. The highest BCUT2D eigenvalue weighted by Gasteiger charge is 2.21. The Bertz CT molecular complexity index is 626. The van der Waals surface area contributed by atoms with Crippen LogP contribution >= 0.6 is 27.3 Å². The van der Waals surface area contributed by atoms with Gasteiger partial charge in [-0.1, -0.05) is 36.7 Å². The Labute approximate surface area is 131 Å². The summed E-state index contributed by atoms with van der Waals surface area (Å²) < 4.78 is 0.953. The Morgan fingerprint density at radius 3 is 2.35 bits per heavy atom. The Balaban J connectivity index is 2.18. The Morgan fingerprint density at radius 1 is 1.25 bits per heavy atom. The number of aryl methyl sites for hydroxylation is 1. The minimum atomic E-state index is -0.133. The summed E-state index contributed by atoms with van der Waals surface area (Å²) in [5, 5.41) is 3.52. The fourth-order valence-electron chi connectivity index (χ4n) is 1.92. The highest BCUT2D eigenvalue weighted by Crippen LogP contribution is 2.33. The molecule has 0 aliphatic heterocycles. The van der Waals surface area contributed by atoms with Gasteiger partial charge in [0, 0.05) is 14.9 Å². The summed E-state index contributed by atoms with van der Waals surface area (Å²) in [5.74, 6) is -0.133. The van der Waals surface area contributed by atoms with Crippen molar-refractivity contribution in [1.82, 2.24) is 4.98 Å². The lowest BCUT2D eigenvalue weighted by molar-refractivity contribution is 0.102. The lowest BCUT2D eigenvalue weighted by Gasteiger charge is -2.16. The van der Waals surface area contributed by atoms with Gasteiger partial charge < -0.3 is 0 Å². The molecular weight excluding hydrogens is 336 g/mol. The fraction of sp³-hybridized carbons (Fsp3) is 0.333. The van der Waals surface area contributed by atoms with E-state index in [2.05, 4.69) is 47.0 Å². The van der Waals surface area contributed by atoms with Crippen LogP contribution in [0.1, 0.15) is 41.7 Å². The maximum Gasteiger partial charge on any atom is 0.257 e. The molecule has 0 atom stereocenters. The zero-order valence-corrected chi connectivity index (χ0v) is 14.4. The lowest BCUT2D eigenvalue weighted by Crippen LogP contribution is -2.11. The van der Waals surface area contributed by atoms with Crippen molar-refractivity contribution in [1.29, 1.82) is 0 Å². The average molecular weight is 353 g/mol. The predicted molar refractivity (Wildman–Crippen MR) is 87.6 cm³/mol. The molecule has 3 nitrogen and oxygen atoms in total. The molecule has 0 saturated heterocycles. The van der Waals surface area contributed by atoms with Crippen LogP contribution in [-0.2, 0) is 5.41 Å². The van der Waals surface area contributed by atoms with Crippen LogP contribution in [0.3, 0.4) is 0 Å². The molecule has 0 unspecified atom stereocenters. The zero-order valence-electron chi connectivity index (χ0n) is 12.0. The maximum atomic E-state index is 12.1. The lowest BCUT2D eigenvalue weighted by atomic mass is 9.94. The number of carbonyl (C=O) groups is 1. The predicted octanol–water partition coefficient (Wildman–Crippen LogP) is 4.76. The molecule has 1 aromatic carbocycles. The van der Waals surface area contributed by atoms with Crippen LogP contribution in [-0.4, -0.2) is 10.9 Å². The molecule has 1 N–H and O–H groups in total. The van der Waals surface area contributed by atoms with Gasteiger partial charge in [-0.15, -0.1) is 11.3 Å². The van der Waals surface area contributed by atoms with E-state index in [0.717, 1.165) is 10.2 Å². The van der Waals surface area contributed by atoms with Gasteiger partial charge in [-0.2, -0.15) is 0 Å². The van der Waals surface area contributed by atoms with Crippen molar-refractivity contribution in [3.05, 3.63) is 44.9 Å². The van der Waals surface area contributed by atoms with Crippen LogP contribution < -0.4 is 5.32 Å². The summed E-state index contributed by atoms with van der Waals surface area (Å²) in [7, 11) is 0. The van der Waals surface area contributed by atoms with Crippen LogP contribution in [0.2, 0.25) is 0 Å². The summed E-state index contributed by atoms with van der Waals surface area (Å²) in [6.45, 7) is 8.42. The van der Waals surface area contributed by atoms with Crippen LogP contribution in [0.4, 0.5) is 5.13 Å². The average Bonchev–Trinajstić information content (AvgIpc) is 2.70. The summed E-state index contributed by atoms with van der Waals surface area (Å²) in [6, 6.07) is 7.26. The molecular formula is C15H17BrN2OS. The first-order valence-electron chi connectivity index (χ1n) is 6.32. The van der Waals surface area contributed by atoms with Crippen molar-refractivity contribution in [2.45, 2.75) is 33.1 Å². The van der Waals surface area contributed by atoms with Crippen molar-refractivity contribution in [2.75, 3.05) is 5.32 Å². The fourth-order valence-corrected chi connectivity index (χ4v) is 3.20. The number of aromatic nitrogens is 1. The number of hydrogen-bond donors (Lipinski definition) is 1. The minimum absolute atomic E-state index is 0.0440. The van der Waals surface area contributed by atoms with Gasteiger partial charge in [0.15, 0.2) is 5.13 Å². The molecule has 1 heterocycles. The topological polar surface area (TPSA) is 42.0 Å². The second kappa shape index (κ2) is 5.66. The van der Waals surface area contributed by atoms with Crippen molar-refractivity contribution in [3.8, 4) is 0 Å². The molecule has 0 spiro atoms. The van der Waals surface area contributed by atoms with Crippen LogP contribution in [0.25, 0.3) is 0 Å². The summed E-state index contributed by atoms with van der Waals surface area (Å²) in [4.78, 5) is 17.8. The highest BCUT2D eigenvalue weighted by atomic mass is 79.9. The third-order valence-electron chi connectivity index (χ3n) is 2.80. The number of benzene rings is 1. The molecule has 2 rings (SSSR count). The van der Waals surface area contributed by atoms with E-state index in [-0.39, 0.29) is 11.3 Å². The van der Waals surface area contributed by atoms with E-state index in [1.54, 1.807) is 23.5 Å². The molecule has 0 aliphatic rings. The van der Waals surface area contributed by atoms with Crippen LogP contribution in [0.5, 0.6) is 0 Å². The van der Waals surface area contributed by atoms with Crippen molar-refractivity contribution < 1.29 is 4.79 Å². The number of nitrogens with zero attached hydrogens (tertiary/aromatic N) is 1. The minimum Gasteiger partial charge on any atom is -0.298 e. The third kappa shape index (κ3) is 3.46. The molecule has 0 fully saturated rings. The van der Waals surface area contributed by atoms with Gasteiger partial charge in [-0.25, -0.2) is 4.98 Å². The van der Waals surface area contributed by atoms with Crippen LogP contribution in [0.15, 0.2) is 28.7 Å². The van der Waals surface area contributed by atoms with Crippen molar-refractivity contribution in [2.24, 2.45) is 0 Å². The smallest absolute Gasteiger partial charge is 0.257 e. The summed E-state index contributed by atoms with van der Waals surface area (Å²) in [6.07, 6.45) is 0. The highest BCUT2D eigenvalue weighted by molar-refractivity contribution is 9.10. The largest absolute Gasteiger partial charge is 0.298 e. The molecule has 1 aromatic heterocycles. The number of carbonyl (C=O) groups excluding carboxylic acids is 1.